The van der Waals surface area contributed by atoms with Crippen LogP contribution in [-0.2, 0) is 9.59 Å². The SMILES string of the molecule is C=CCOc1cc(Br)c(/C=C2\C(=O)NC(=O)N(c3ccc(Cl)cc3)C2=O)cc1OCC. The lowest BCUT2D eigenvalue weighted by Crippen LogP contribution is -2.54. The number of barbiturate groups is 1. The van der Waals surface area contributed by atoms with Gasteiger partial charge in [-0.05, 0) is 55.0 Å². The largest absolute Gasteiger partial charge is 0.490 e. The fourth-order valence-corrected chi connectivity index (χ4v) is 3.39. The monoisotopic (exact) mass is 504 g/mol. The number of amides is 4. The predicted octanol–water partition coefficient (Wildman–Crippen LogP) is 4.73. The second-order valence-corrected chi connectivity index (χ2v) is 7.58. The minimum absolute atomic E-state index is 0.211. The molecule has 0 radical (unpaired) electrons. The Balaban J connectivity index is 2.02. The molecule has 160 valence electrons. The van der Waals surface area contributed by atoms with Gasteiger partial charge >= 0.3 is 6.03 Å². The van der Waals surface area contributed by atoms with Crippen molar-refractivity contribution in [2.45, 2.75) is 6.92 Å². The van der Waals surface area contributed by atoms with Gasteiger partial charge in [-0.25, -0.2) is 9.69 Å². The molecule has 2 aromatic carbocycles. The summed E-state index contributed by atoms with van der Waals surface area (Å²) in [5.74, 6) is -0.633. The molecule has 0 unspecified atom stereocenters. The molecule has 0 bridgehead atoms. The average Bonchev–Trinajstić information content (AvgIpc) is 2.73. The summed E-state index contributed by atoms with van der Waals surface area (Å²) in [5.41, 5.74) is 0.573. The minimum Gasteiger partial charge on any atom is -0.490 e. The van der Waals surface area contributed by atoms with Crippen LogP contribution in [0.2, 0.25) is 5.02 Å². The molecule has 2 aromatic rings. The number of carbonyl (C=O) groups excluding carboxylic acids is 3. The number of nitrogens with one attached hydrogen (secondary N) is 1. The first-order valence-corrected chi connectivity index (χ1v) is 10.4. The van der Waals surface area contributed by atoms with Crippen molar-refractivity contribution in [2.75, 3.05) is 18.1 Å². The number of halogens is 2. The lowest BCUT2D eigenvalue weighted by molar-refractivity contribution is -0.122. The Labute approximate surface area is 192 Å². The van der Waals surface area contributed by atoms with E-state index >= 15 is 0 Å². The third-order valence-electron chi connectivity index (χ3n) is 4.21. The molecule has 4 amide bonds. The summed E-state index contributed by atoms with van der Waals surface area (Å²) >= 11 is 9.31. The molecule has 1 aliphatic rings. The zero-order valence-electron chi connectivity index (χ0n) is 16.5. The van der Waals surface area contributed by atoms with Gasteiger partial charge in [0.15, 0.2) is 11.5 Å². The highest BCUT2D eigenvalue weighted by Crippen LogP contribution is 2.35. The van der Waals surface area contributed by atoms with Crippen molar-refractivity contribution in [1.29, 1.82) is 0 Å². The zero-order valence-corrected chi connectivity index (χ0v) is 18.8. The van der Waals surface area contributed by atoms with Gasteiger partial charge in [0.05, 0.1) is 12.3 Å². The Morgan fingerprint density at radius 1 is 1.13 bits per heavy atom. The van der Waals surface area contributed by atoms with Crippen LogP contribution in [0.3, 0.4) is 0 Å². The van der Waals surface area contributed by atoms with Crippen LogP contribution in [0.4, 0.5) is 10.5 Å². The first kappa shape index (κ1) is 22.6. The van der Waals surface area contributed by atoms with Gasteiger partial charge in [-0.1, -0.05) is 40.2 Å². The summed E-state index contributed by atoms with van der Waals surface area (Å²) < 4.78 is 11.8. The summed E-state index contributed by atoms with van der Waals surface area (Å²) in [6.45, 7) is 6.12. The molecule has 0 aliphatic carbocycles. The van der Waals surface area contributed by atoms with E-state index in [2.05, 4.69) is 27.8 Å². The van der Waals surface area contributed by atoms with E-state index in [1.54, 1.807) is 30.3 Å². The number of imide groups is 2. The van der Waals surface area contributed by atoms with Crippen molar-refractivity contribution in [1.82, 2.24) is 5.32 Å². The molecule has 0 spiro atoms. The molecular weight excluding hydrogens is 488 g/mol. The molecule has 0 saturated carbocycles. The number of hydrogen-bond donors (Lipinski definition) is 1. The molecule has 1 saturated heterocycles. The number of hydrogen-bond acceptors (Lipinski definition) is 5. The van der Waals surface area contributed by atoms with Crippen molar-refractivity contribution < 1.29 is 23.9 Å². The molecule has 1 N–H and O–H groups in total. The standard InChI is InChI=1S/C22H18BrClN2O5/c1-3-9-31-19-12-17(23)13(11-18(19)30-4-2)10-16-20(27)25-22(29)26(21(16)28)15-7-5-14(24)6-8-15/h3,5-8,10-12H,1,4,9H2,2H3,(H,25,27,29)/b16-10+. The second kappa shape index (κ2) is 9.80. The third kappa shape index (κ3) is 4.98. The summed E-state index contributed by atoms with van der Waals surface area (Å²) in [4.78, 5) is 38.6. The zero-order chi connectivity index (χ0) is 22.5. The van der Waals surface area contributed by atoms with Crippen molar-refractivity contribution in [3.8, 4) is 11.5 Å². The Morgan fingerprint density at radius 3 is 2.45 bits per heavy atom. The molecule has 1 aliphatic heterocycles. The number of nitrogens with zero attached hydrogens (tertiary/aromatic N) is 1. The normalized spacial score (nSPS) is 15.1. The molecule has 7 nitrogen and oxygen atoms in total. The average molecular weight is 506 g/mol. The van der Waals surface area contributed by atoms with E-state index in [0.717, 1.165) is 4.90 Å². The number of urea groups is 1. The topological polar surface area (TPSA) is 84.9 Å². The lowest BCUT2D eigenvalue weighted by Gasteiger charge is -2.26. The number of anilines is 1. The number of carbonyl (C=O) groups is 3. The van der Waals surface area contributed by atoms with E-state index in [0.29, 0.717) is 33.2 Å². The van der Waals surface area contributed by atoms with Gasteiger partial charge in [-0.2, -0.15) is 0 Å². The number of benzene rings is 2. The molecular formula is C22H18BrClN2O5. The van der Waals surface area contributed by atoms with E-state index in [9.17, 15) is 14.4 Å². The molecule has 31 heavy (non-hydrogen) atoms. The number of ether oxygens (including phenoxy) is 2. The van der Waals surface area contributed by atoms with Crippen LogP contribution in [0.1, 0.15) is 12.5 Å². The van der Waals surface area contributed by atoms with Gasteiger partial charge in [0.2, 0.25) is 0 Å². The maximum atomic E-state index is 13.0. The van der Waals surface area contributed by atoms with Crippen LogP contribution in [0, 0.1) is 0 Å². The number of rotatable bonds is 7. The summed E-state index contributed by atoms with van der Waals surface area (Å²) in [6, 6.07) is 8.60. The Bertz CT molecular complexity index is 1080. The van der Waals surface area contributed by atoms with Crippen LogP contribution >= 0.6 is 27.5 Å². The van der Waals surface area contributed by atoms with Crippen molar-refractivity contribution >= 4 is 57.1 Å². The summed E-state index contributed by atoms with van der Waals surface area (Å²) in [6.07, 6.45) is 2.99. The first-order valence-electron chi connectivity index (χ1n) is 9.22. The highest BCUT2D eigenvalue weighted by Gasteiger charge is 2.37. The first-order chi connectivity index (χ1) is 14.8. The minimum atomic E-state index is -0.836. The van der Waals surface area contributed by atoms with Gasteiger partial charge in [-0.3, -0.25) is 14.9 Å². The molecule has 9 heteroatoms. The van der Waals surface area contributed by atoms with Crippen LogP contribution < -0.4 is 19.7 Å². The summed E-state index contributed by atoms with van der Waals surface area (Å²) in [7, 11) is 0. The van der Waals surface area contributed by atoms with E-state index in [4.69, 9.17) is 21.1 Å². The maximum absolute atomic E-state index is 13.0. The molecule has 1 fully saturated rings. The quantitative estimate of drug-likeness (QED) is 0.334. The van der Waals surface area contributed by atoms with E-state index < -0.39 is 17.8 Å². The molecule has 1 heterocycles. The maximum Gasteiger partial charge on any atom is 0.335 e. The smallest absolute Gasteiger partial charge is 0.335 e. The van der Waals surface area contributed by atoms with Crippen molar-refractivity contribution in [3.05, 3.63) is 69.7 Å². The predicted molar refractivity (Wildman–Crippen MR) is 121 cm³/mol. The third-order valence-corrected chi connectivity index (χ3v) is 5.14. The Hall–Kier alpha value is -3.10. The van der Waals surface area contributed by atoms with Gasteiger partial charge < -0.3 is 9.47 Å². The highest BCUT2D eigenvalue weighted by atomic mass is 79.9. The molecule has 3 rings (SSSR count). The second-order valence-electron chi connectivity index (χ2n) is 6.29. The summed E-state index contributed by atoms with van der Waals surface area (Å²) in [5, 5.41) is 2.64. The highest BCUT2D eigenvalue weighted by molar-refractivity contribution is 9.10. The van der Waals surface area contributed by atoms with E-state index in [-0.39, 0.29) is 17.9 Å². The van der Waals surface area contributed by atoms with Gasteiger partial charge in [0.25, 0.3) is 11.8 Å². The van der Waals surface area contributed by atoms with Crippen LogP contribution in [0.25, 0.3) is 6.08 Å². The van der Waals surface area contributed by atoms with Gasteiger partial charge in [-0.15, -0.1) is 0 Å². The van der Waals surface area contributed by atoms with E-state index in [1.165, 1.54) is 18.2 Å². The van der Waals surface area contributed by atoms with Crippen LogP contribution in [-0.4, -0.2) is 31.1 Å². The van der Waals surface area contributed by atoms with Crippen molar-refractivity contribution in [2.24, 2.45) is 0 Å². The fraction of sp³-hybridized carbons (Fsp3) is 0.136. The Kier molecular flexibility index (Phi) is 7.14. The van der Waals surface area contributed by atoms with Gasteiger partial charge in [0, 0.05) is 9.50 Å². The molecule has 0 aromatic heterocycles. The van der Waals surface area contributed by atoms with Crippen LogP contribution in [0.5, 0.6) is 11.5 Å². The Morgan fingerprint density at radius 2 is 1.81 bits per heavy atom. The van der Waals surface area contributed by atoms with Crippen LogP contribution in [0.15, 0.2) is 59.1 Å². The molecule has 0 atom stereocenters. The fourth-order valence-electron chi connectivity index (χ4n) is 2.83. The van der Waals surface area contributed by atoms with E-state index in [1.807, 2.05) is 6.92 Å². The lowest BCUT2D eigenvalue weighted by atomic mass is 10.1. The van der Waals surface area contributed by atoms with Gasteiger partial charge in [0.1, 0.15) is 12.2 Å². The van der Waals surface area contributed by atoms with Crippen molar-refractivity contribution in [3.63, 3.8) is 0 Å².